The number of aromatic nitrogens is 4. The lowest BCUT2D eigenvalue weighted by atomic mass is 9.75. The number of hydrogen-bond donors (Lipinski definition) is 2. The third-order valence-corrected chi connectivity index (χ3v) is 9.68. The number of nitrogens with two attached hydrogens (primary N) is 1. The first-order valence-electron chi connectivity index (χ1n) is 13.2. The first kappa shape index (κ1) is 28.3. The zero-order valence-electron chi connectivity index (χ0n) is 22.8. The predicted molar refractivity (Wildman–Crippen MR) is 148 cm³/mol. The van der Waals surface area contributed by atoms with E-state index < -0.39 is 38.4 Å². The fourth-order valence-electron chi connectivity index (χ4n) is 6.07. The van der Waals surface area contributed by atoms with Crippen LogP contribution in [0.2, 0.25) is 0 Å². The van der Waals surface area contributed by atoms with Crippen LogP contribution in [0, 0.1) is 17.6 Å². The molecule has 212 valence electrons. The van der Waals surface area contributed by atoms with Gasteiger partial charge < -0.3 is 10.8 Å². The van der Waals surface area contributed by atoms with E-state index in [1.165, 1.54) is 26.2 Å². The van der Waals surface area contributed by atoms with Crippen molar-refractivity contribution in [3.63, 3.8) is 0 Å². The van der Waals surface area contributed by atoms with Crippen molar-refractivity contribution in [1.82, 2.24) is 19.6 Å². The van der Waals surface area contributed by atoms with Crippen molar-refractivity contribution in [2.24, 2.45) is 11.7 Å². The summed E-state index contributed by atoms with van der Waals surface area (Å²) >= 11 is 0. The van der Waals surface area contributed by atoms with Gasteiger partial charge in [0, 0.05) is 31.1 Å². The van der Waals surface area contributed by atoms with Gasteiger partial charge >= 0.3 is 0 Å². The predicted octanol–water partition coefficient (Wildman–Crippen LogP) is 4.14. The lowest BCUT2D eigenvalue weighted by molar-refractivity contribution is 0.0779. The molecule has 8 nitrogen and oxygen atoms in total. The van der Waals surface area contributed by atoms with Crippen LogP contribution in [0.15, 0.2) is 48.9 Å². The molecule has 4 atom stereocenters. The highest BCUT2D eigenvalue weighted by Gasteiger charge is 2.40. The van der Waals surface area contributed by atoms with Crippen LogP contribution in [0.25, 0.3) is 16.8 Å². The largest absolute Gasteiger partial charge is 0.386 e. The number of hydrogen-bond acceptors (Lipinski definition) is 7. The summed E-state index contributed by atoms with van der Waals surface area (Å²) < 4.78 is 56.3. The molecular weight excluding hydrogens is 536 g/mol. The summed E-state index contributed by atoms with van der Waals surface area (Å²) in [7, 11) is -3.27. The number of imidazole rings is 1. The quantitative estimate of drug-likeness (QED) is 0.358. The Hall–Kier alpha value is -3.28. The molecule has 1 fully saturated rings. The number of sulfone groups is 1. The summed E-state index contributed by atoms with van der Waals surface area (Å²) in [6.45, 7) is 4.85. The Balaban J connectivity index is 1.48. The zero-order chi connectivity index (χ0) is 29.0. The molecular formula is C29H33F2N5O3S. The maximum Gasteiger partial charge on any atom is 0.152 e. The molecule has 0 saturated heterocycles. The molecule has 3 heterocycles. The molecule has 0 bridgehead atoms. The van der Waals surface area contributed by atoms with Gasteiger partial charge in [0.05, 0.1) is 33.8 Å². The number of nitrogens with zero attached hydrogens (tertiary/aromatic N) is 4. The highest BCUT2D eigenvalue weighted by atomic mass is 32.2. The smallest absolute Gasteiger partial charge is 0.152 e. The third kappa shape index (κ3) is 5.37. The second-order valence-electron chi connectivity index (χ2n) is 11.5. The van der Waals surface area contributed by atoms with Gasteiger partial charge in [0.15, 0.2) is 9.84 Å². The number of rotatable bonds is 6. The van der Waals surface area contributed by atoms with Crippen LogP contribution in [-0.4, -0.2) is 50.7 Å². The van der Waals surface area contributed by atoms with Gasteiger partial charge in [-0.2, -0.15) is 5.10 Å². The number of aliphatic hydroxyl groups is 1. The molecule has 3 aromatic heterocycles. The van der Waals surface area contributed by atoms with Crippen molar-refractivity contribution in [2.45, 2.75) is 62.8 Å². The molecule has 1 aromatic carbocycles. The summed E-state index contributed by atoms with van der Waals surface area (Å²) in [5, 5.41) is 14.1. The van der Waals surface area contributed by atoms with Gasteiger partial charge in [-0.25, -0.2) is 26.7 Å². The summed E-state index contributed by atoms with van der Waals surface area (Å²) in [6, 6.07) is 6.91. The van der Waals surface area contributed by atoms with Gasteiger partial charge in [0.25, 0.3) is 0 Å². The first-order chi connectivity index (χ1) is 18.7. The van der Waals surface area contributed by atoms with Crippen LogP contribution < -0.4 is 5.73 Å². The number of pyridine rings is 1. The van der Waals surface area contributed by atoms with E-state index in [9.17, 15) is 13.5 Å². The Labute approximate surface area is 232 Å². The number of halogens is 2. The van der Waals surface area contributed by atoms with E-state index in [2.05, 4.69) is 15.1 Å². The highest BCUT2D eigenvalue weighted by molar-refractivity contribution is 7.91. The summed E-state index contributed by atoms with van der Waals surface area (Å²) in [5.74, 6) is -1.14. The molecule has 11 heteroatoms. The van der Waals surface area contributed by atoms with E-state index in [4.69, 9.17) is 5.73 Å². The number of fused-ring (bicyclic) bond motifs is 1. The van der Waals surface area contributed by atoms with E-state index in [-0.39, 0.29) is 28.7 Å². The average Bonchev–Trinajstić information content (AvgIpc) is 3.24. The molecule has 3 N–H and O–H groups in total. The van der Waals surface area contributed by atoms with Gasteiger partial charge in [-0.3, -0.25) is 4.98 Å². The fraction of sp³-hybridized carbons (Fsp3) is 0.414. The van der Waals surface area contributed by atoms with Crippen molar-refractivity contribution < 1.29 is 22.3 Å². The van der Waals surface area contributed by atoms with Crippen molar-refractivity contribution in [1.29, 1.82) is 0 Å². The second kappa shape index (κ2) is 10.3. The van der Waals surface area contributed by atoms with Crippen molar-refractivity contribution >= 4 is 15.4 Å². The minimum Gasteiger partial charge on any atom is -0.386 e. The Bertz CT molecular complexity index is 1650. The van der Waals surface area contributed by atoms with Gasteiger partial charge in [-0.1, -0.05) is 6.92 Å². The molecule has 5 rings (SSSR count). The highest BCUT2D eigenvalue weighted by Crippen LogP contribution is 2.40. The van der Waals surface area contributed by atoms with Crippen LogP contribution in [0.4, 0.5) is 8.78 Å². The van der Waals surface area contributed by atoms with Crippen LogP contribution >= 0.6 is 0 Å². The molecule has 4 aromatic rings. The second-order valence-corrected chi connectivity index (χ2v) is 13.7. The fourth-order valence-corrected chi connectivity index (χ4v) is 7.77. The molecule has 40 heavy (non-hydrogen) atoms. The lowest BCUT2D eigenvalue weighted by Crippen LogP contribution is -2.48. The van der Waals surface area contributed by atoms with Crippen LogP contribution in [0.5, 0.6) is 0 Å². The van der Waals surface area contributed by atoms with Gasteiger partial charge in [0.2, 0.25) is 0 Å². The third-order valence-electron chi connectivity index (χ3n) is 7.88. The molecule has 0 spiro atoms. The molecule has 0 aliphatic heterocycles. The van der Waals surface area contributed by atoms with E-state index >= 15 is 8.78 Å². The lowest BCUT2D eigenvalue weighted by Gasteiger charge is -2.38. The monoisotopic (exact) mass is 569 g/mol. The minimum atomic E-state index is -3.27. The molecule has 0 unspecified atom stereocenters. The maximum atomic E-state index is 15.1. The summed E-state index contributed by atoms with van der Waals surface area (Å²) in [4.78, 5) is 8.83. The van der Waals surface area contributed by atoms with Crippen LogP contribution in [-0.2, 0) is 21.9 Å². The standard InChI is InChI=1S/C29H33F2N5O3S/c1-16-9-17(10-24(32)28(16)40(4,38)39)21-7-8-33-14-18(21)11-26-34-15-20-5-6-25(35-36(20)26)27-22(30)12-19(13-23(27)31)29(2,3)37/h5-8,12-17,24,28,37H,9-11,32H2,1-4H3/t16-,17+,24+,28-/m0/s1. The normalized spacial score (nSPS) is 22.1. The molecule has 1 aliphatic rings. The Morgan fingerprint density at radius 2 is 1.82 bits per heavy atom. The summed E-state index contributed by atoms with van der Waals surface area (Å²) in [6.07, 6.45) is 7.91. The number of benzene rings is 1. The zero-order valence-corrected chi connectivity index (χ0v) is 23.7. The van der Waals surface area contributed by atoms with E-state index in [1.54, 1.807) is 29.2 Å². The van der Waals surface area contributed by atoms with Crippen molar-refractivity contribution in [3.8, 4) is 11.3 Å². The van der Waals surface area contributed by atoms with E-state index in [0.717, 1.165) is 23.3 Å². The van der Waals surface area contributed by atoms with E-state index in [0.29, 0.717) is 30.6 Å². The Morgan fingerprint density at radius 3 is 2.45 bits per heavy atom. The molecule has 1 saturated carbocycles. The molecule has 0 amide bonds. The maximum absolute atomic E-state index is 15.1. The topological polar surface area (TPSA) is 123 Å². The Kier molecular flexibility index (Phi) is 7.26. The van der Waals surface area contributed by atoms with Crippen LogP contribution in [0.1, 0.15) is 62.0 Å². The van der Waals surface area contributed by atoms with Gasteiger partial charge in [-0.05, 0) is 85.5 Å². The SMILES string of the molecule is C[C@H]1C[C@@H](c2ccncc2Cc2ncc3ccc(-c4c(F)cc(C(C)(C)O)cc4F)nn23)C[C@@H](N)[C@H]1S(C)(=O)=O. The molecule has 1 aliphatic carbocycles. The van der Waals surface area contributed by atoms with Crippen LogP contribution in [0.3, 0.4) is 0 Å². The van der Waals surface area contributed by atoms with Gasteiger partial charge in [0.1, 0.15) is 17.5 Å². The van der Waals surface area contributed by atoms with Crippen molar-refractivity contribution in [2.75, 3.05) is 6.26 Å². The minimum absolute atomic E-state index is 0.0493. The Morgan fingerprint density at radius 1 is 1.12 bits per heavy atom. The van der Waals surface area contributed by atoms with Gasteiger partial charge in [-0.15, -0.1) is 0 Å². The summed E-state index contributed by atoms with van der Waals surface area (Å²) in [5.41, 5.74) is 7.48. The first-order valence-corrected chi connectivity index (χ1v) is 15.1. The molecule has 0 radical (unpaired) electrons. The average molecular weight is 570 g/mol. The van der Waals surface area contributed by atoms with Crippen molar-refractivity contribution in [3.05, 3.63) is 83.1 Å². The van der Waals surface area contributed by atoms with E-state index in [1.807, 2.05) is 13.0 Å².